The van der Waals surface area contributed by atoms with E-state index in [1.165, 1.54) is 99.9 Å². The summed E-state index contributed by atoms with van der Waals surface area (Å²) in [5.41, 5.74) is 36.8. The molecule has 0 unspecified atom stereocenters. The Morgan fingerprint density at radius 3 is 1.22 bits per heavy atom. The van der Waals surface area contributed by atoms with Crippen molar-refractivity contribution in [1.82, 2.24) is 4.57 Å². The van der Waals surface area contributed by atoms with E-state index in [1.807, 2.05) is 6.07 Å². The maximum absolute atomic E-state index is 7.21. The zero-order valence-corrected chi connectivity index (χ0v) is 65.8. The van der Waals surface area contributed by atoms with Crippen LogP contribution in [0.2, 0.25) is 0 Å². The first-order valence-electron chi connectivity index (χ1n) is 41.5. The zero-order chi connectivity index (χ0) is 79.1. The van der Waals surface area contributed by atoms with Crippen LogP contribution in [0.25, 0.3) is 182 Å². The van der Waals surface area contributed by atoms with E-state index in [2.05, 4.69) is 419 Å². The van der Waals surface area contributed by atoms with E-state index in [9.17, 15) is 0 Å². The van der Waals surface area contributed by atoms with Gasteiger partial charge in [0.05, 0.1) is 16.3 Å². The zero-order valence-electron chi connectivity index (χ0n) is 65.8. The molecule has 0 amide bonds. The Balaban J connectivity index is 0.000000133. The second kappa shape index (κ2) is 25.8. The van der Waals surface area contributed by atoms with Crippen LogP contribution < -0.4 is 0 Å². The topological polar surface area (TPSA) is 57.5 Å². The molecular weight excluding hydrogens is 1460 g/mol. The van der Waals surface area contributed by atoms with Crippen molar-refractivity contribution >= 4 is 98.7 Å². The Bertz CT molecular complexity index is 8100. The third-order valence-electron chi connectivity index (χ3n) is 26.7. The van der Waals surface area contributed by atoms with E-state index in [4.69, 9.17) is 17.7 Å². The monoisotopic (exact) mass is 1530 g/mol. The van der Waals surface area contributed by atoms with Crippen molar-refractivity contribution in [2.75, 3.05) is 0 Å². The molecule has 5 heterocycles. The van der Waals surface area contributed by atoms with Gasteiger partial charge in [0.25, 0.3) is 0 Å². The highest BCUT2D eigenvalue weighted by Crippen LogP contribution is 2.65. The number of rotatable bonds is 9. The minimum absolute atomic E-state index is 0.0830. The molecule has 18 aromatic carbocycles. The van der Waals surface area contributed by atoms with Gasteiger partial charge in [0, 0.05) is 88.0 Å². The standard InChI is InChI=1S/C58H38O2.C57H35NO2/c1-57(2)45-25-12-9-22-40(45)41-29-28-36(33-47(41)57)35-16-15-17-37(32-35)44-34-48-55(56-52(44)42-23-10-14-27-50(42)60-56)54-46(30-31-51-53(54)43-24-11-13-26-49(43)59-51)58(48,38-18-5-3-6-19-38)39-20-7-4-8-21-39;1-4-17-40(18-5-1)57(41-19-6-2-7-20-41)47-29-28-44-43-23-10-12-25-50(43)59-55(44)53(47)54-48(57)35-46(52-45-24-11-13-26-51(45)60-56(52)54)38-16-14-15-36(33-38)37-27-30-49-39(34-37)31-32-58(49)42-21-8-3-9-22-42/h3-34H,1-2H3;1-35H. The molecule has 0 fully saturated rings. The van der Waals surface area contributed by atoms with Crippen molar-refractivity contribution in [2.45, 2.75) is 30.1 Å². The van der Waals surface area contributed by atoms with Gasteiger partial charge in [0.2, 0.25) is 0 Å². The number of nitrogens with zero attached hydrogens (tertiary/aromatic N) is 1. The van der Waals surface area contributed by atoms with E-state index in [0.717, 1.165) is 138 Å². The molecule has 0 spiro atoms. The smallest absolute Gasteiger partial charge is 0.144 e. The van der Waals surface area contributed by atoms with Crippen LogP contribution in [0, 0.1) is 0 Å². The second-order valence-electron chi connectivity index (χ2n) is 33.1. The van der Waals surface area contributed by atoms with Gasteiger partial charge in [0.15, 0.2) is 0 Å². The van der Waals surface area contributed by atoms with Crippen molar-refractivity contribution in [3.63, 3.8) is 0 Å². The predicted octanol–water partition coefficient (Wildman–Crippen LogP) is 30.6. The fourth-order valence-electron chi connectivity index (χ4n) is 21.5. The fraction of sp³-hybridized carbons (Fsp3) is 0.0435. The highest BCUT2D eigenvalue weighted by molar-refractivity contribution is 6.25. The van der Waals surface area contributed by atoms with Crippen LogP contribution in [0.3, 0.4) is 0 Å². The van der Waals surface area contributed by atoms with Crippen LogP contribution in [0.1, 0.15) is 69.5 Å². The average molecular weight is 1530 g/mol. The molecule has 26 rings (SSSR count). The second-order valence-corrected chi connectivity index (χ2v) is 33.1. The number of benzene rings is 18. The molecule has 0 N–H and O–H groups in total. The first kappa shape index (κ1) is 68.0. The van der Waals surface area contributed by atoms with E-state index >= 15 is 0 Å². The molecule has 0 saturated heterocycles. The number of aromatic nitrogens is 1. The minimum atomic E-state index is -0.670. The van der Waals surface area contributed by atoms with Gasteiger partial charge in [0.1, 0.15) is 44.7 Å². The molecule has 5 nitrogen and oxygen atoms in total. The lowest BCUT2D eigenvalue weighted by Crippen LogP contribution is -2.28. The molecule has 5 aromatic heterocycles. The lowest BCUT2D eigenvalue weighted by atomic mass is 9.67. The van der Waals surface area contributed by atoms with Gasteiger partial charge < -0.3 is 22.2 Å². The van der Waals surface area contributed by atoms with Crippen molar-refractivity contribution < 1.29 is 17.7 Å². The lowest BCUT2D eigenvalue weighted by Gasteiger charge is -2.34. The molecule has 120 heavy (non-hydrogen) atoms. The van der Waals surface area contributed by atoms with Gasteiger partial charge in [-0.1, -0.05) is 323 Å². The largest absolute Gasteiger partial charge is 0.456 e. The average Bonchev–Trinajstić information content (AvgIpc) is 1.51. The molecule has 0 radical (unpaired) electrons. The fourth-order valence-corrected chi connectivity index (χ4v) is 21.5. The first-order valence-corrected chi connectivity index (χ1v) is 41.5. The number of para-hydroxylation sites is 5. The number of hydrogen-bond acceptors (Lipinski definition) is 4. The van der Waals surface area contributed by atoms with Crippen LogP contribution >= 0.6 is 0 Å². The van der Waals surface area contributed by atoms with Crippen molar-refractivity contribution in [3.8, 4) is 83.6 Å². The van der Waals surface area contributed by atoms with Gasteiger partial charge in [-0.2, -0.15) is 0 Å². The van der Waals surface area contributed by atoms with Crippen molar-refractivity contribution in [1.29, 1.82) is 0 Å². The maximum atomic E-state index is 7.21. The summed E-state index contributed by atoms with van der Waals surface area (Å²) in [6.45, 7) is 4.71. The summed E-state index contributed by atoms with van der Waals surface area (Å²) in [5, 5.41) is 10.1. The van der Waals surface area contributed by atoms with Crippen molar-refractivity contribution in [2.24, 2.45) is 0 Å². The summed E-state index contributed by atoms with van der Waals surface area (Å²) in [7, 11) is 0. The highest BCUT2D eigenvalue weighted by atomic mass is 16.3. The van der Waals surface area contributed by atoms with Crippen LogP contribution in [0.15, 0.2) is 424 Å². The number of hydrogen-bond donors (Lipinski definition) is 0. The molecule has 23 aromatic rings. The van der Waals surface area contributed by atoms with E-state index in [0.29, 0.717) is 0 Å². The highest BCUT2D eigenvalue weighted by Gasteiger charge is 2.52. The Morgan fingerprint density at radius 1 is 0.225 bits per heavy atom. The summed E-state index contributed by atoms with van der Waals surface area (Å²) in [5.74, 6) is 0. The van der Waals surface area contributed by atoms with Crippen LogP contribution in [-0.2, 0) is 16.2 Å². The molecule has 0 aliphatic heterocycles. The normalized spacial score (nSPS) is 13.8. The van der Waals surface area contributed by atoms with E-state index < -0.39 is 10.8 Å². The van der Waals surface area contributed by atoms with Crippen molar-refractivity contribution in [3.05, 3.63) is 462 Å². The SMILES string of the molecule is CC1(C)c2ccccc2-c2ccc(-c3cccc(-c4cc5c(c6oc7ccccc7c46)-c4c(ccc6oc7ccccc7c46)C5(c4ccccc4)c4ccccc4)c3)cc21.c1ccc(-n2ccc3cc(-c4cccc(-c5cc6c(c7oc8ccccc8c57)-c5c(ccc7c5oc5ccccc57)C6(c5ccccc5)c5ccccc5)c4)ccc32)cc1. The Labute approximate surface area is 692 Å². The quantitative estimate of drug-likeness (QED) is 0.144. The molecule has 3 aliphatic carbocycles. The summed E-state index contributed by atoms with van der Waals surface area (Å²) < 4.78 is 30.2. The van der Waals surface area contributed by atoms with Gasteiger partial charge in [-0.25, -0.2) is 0 Å². The van der Waals surface area contributed by atoms with Gasteiger partial charge >= 0.3 is 0 Å². The van der Waals surface area contributed by atoms with Crippen LogP contribution in [0.5, 0.6) is 0 Å². The van der Waals surface area contributed by atoms with Gasteiger partial charge in [-0.05, 0) is 202 Å². The van der Waals surface area contributed by atoms with E-state index in [1.54, 1.807) is 0 Å². The molecule has 0 atom stereocenters. The third kappa shape index (κ3) is 9.60. The molecule has 0 bridgehead atoms. The molecule has 3 aliphatic rings. The number of furan rings is 4. The summed E-state index contributed by atoms with van der Waals surface area (Å²) in [4.78, 5) is 0. The first-order chi connectivity index (χ1) is 59.3. The maximum Gasteiger partial charge on any atom is 0.144 e. The van der Waals surface area contributed by atoms with E-state index in [-0.39, 0.29) is 5.41 Å². The molecule has 562 valence electrons. The van der Waals surface area contributed by atoms with Crippen LogP contribution in [-0.4, -0.2) is 4.57 Å². The van der Waals surface area contributed by atoms with Crippen LogP contribution in [0.4, 0.5) is 0 Å². The summed E-state index contributed by atoms with van der Waals surface area (Å²) >= 11 is 0. The number of fused-ring (bicyclic) bond motifs is 26. The van der Waals surface area contributed by atoms with Gasteiger partial charge in [-0.3, -0.25) is 0 Å². The molecule has 5 heteroatoms. The van der Waals surface area contributed by atoms with Gasteiger partial charge in [-0.15, -0.1) is 0 Å². The Hall–Kier alpha value is -15.3. The molecular formula is C115H73NO4. The lowest BCUT2D eigenvalue weighted by molar-refractivity contribution is 0.660. The Kier molecular flexibility index (Phi) is 14.6. The third-order valence-corrected chi connectivity index (χ3v) is 26.7. The predicted molar refractivity (Wildman–Crippen MR) is 493 cm³/mol. The minimum Gasteiger partial charge on any atom is -0.456 e. The summed E-state index contributed by atoms with van der Waals surface area (Å²) in [6, 6.07) is 146. The molecule has 0 saturated carbocycles. The Morgan fingerprint density at radius 2 is 0.642 bits per heavy atom. The summed E-state index contributed by atoms with van der Waals surface area (Å²) in [6.07, 6.45) is 2.16.